The van der Waals surface area contributed by atoms with E-state index in [1.54, 1.807) is 0 Å². The topological polar surface area (TPSA) is 85.8 Å². The van der Waals surface area contributed by atoms with Crippen LogP contribution in [0.5, 0.6) is 0 Å². The molecule has 0 bridgehead atoms. The predicted octanol–water partition coefficient (Wildman–Crippen LogP) is 0.655. The zero-order valence-electron chi connectivity index (χ0n) is 11.0. The fourth-order valence-corrected chi connectivity index (χ4v) is 2.45. The Labute approximate surface area is 105 Å². The van der Waals surface area contributed by atoms with Crippen molar-refractivity contribution in [1.29, 1.82) is 0 Å². The van der Waals surface area contributed by atoms with Gasteiger partial charge in [0.2, 0.25) is 0 Å². The van der Waals surface area contributed by atoms with Crippen LogP contribution in [-0.2, 0) is 11.3 Å². The second kappa shape index (κ2) is 4.38. The zero-order chi connectivity index (χ0) is 13.4. The van der Waals surface area contributed by atoms with E-state index < -0.39 is 0 Å². The normalized spacial score (nSPS) is 10.9. The summed E-state index contributed by atoms with van der Waals surface area (Å²) in [6.07, 6.45) is 0. The Kier molecular flexibility index (Phi) is 3.04. The Hall–Kier alpha value is -1.95. The minimum Gasteiger partial charge on any atom is -0.338 e. The highest BCUT2D eigenvalue weighted by Gasteiger charge is 2.17. The fraction of sp³-hybridized carbons (Fsp3) is 0.417. The Morgan fingerprint density at radius 1 is 1.11 bits per heavy atom. The Morgan fingerprint density at radius 2 is 1.56 bits per heavy atom. The summed E-state index contributed by atoms with van der Waals surface area (Å²) in [5.41, 5.74) is 5.94. The molecule has 2 rings (SSSR count). The van der Waals surface area contributed by atoms with E-state index >= 15 is 0 Å². The van der Waals surface area contributed by atoms with Crippen LogP contribution >= 0.6 is 0 Å². The Morgan fingerprint density at radius 3 is 1.94 bits per heavy atom. The van der Waals surface area contributed by atoms with Gasteiger partial charge in [-0.25, -0.2) is 5.84 Å². The maximum atomic E-state index is 11.4. The Bertz CT molecular complexity index is 584. The van der Waals surface area contributed by atoms with Crippen LogP contribution in [0.4, 0.5) is 0 Å². The number of carbonyl (C=O) groups excluding carboxylic acids is 1. The van der Waals surface area contributed by atoms with Gasteiger partial charge in [-0.1, -0.05) is 0 Å². The van der Waals surface area contributed by atoms with Crippen LogP contribution in [0.3, 0.4) is 0 Å². The molecule has 0 saturated carbocycles. The van der Waals surface area contributed by atoms with Crippen LogP contribution in [0, 0.1) is 27.7 Å². The third-order valence-electron chi connectivity index (χ3n) is 3.32. The van der Waals surface area contributed by atoms with Crippen LogP contribution in [0.1, 0.15) is 22.8 Å². The molecule has 0 aromatic carbocycles. The second-order valence-corrected chi connectivity index (χ2v) is 4.45. The van der Waals surface area contributed by atoms with Crippen molar-refractivity contribution in [3.8, 4) is 0 Å². The molecule has 1 amide bonds. The predicted molar refractivity (Wildman–Crippen MR) is 68.8 cm³/mol. The molecule has 0 aliphatic carbocycles. The summed E-state index contributed by atoms with van der Waals surface area (Å²) in [7, 11) is 0. The third kappa shape index (κ3) is 1.74. The van der Waals surface area contributed by atoms with Crippen molar-refractivity contribution in [3.05, 3.63) is 22.8 Å². The van der Waals surface area contributed by atoms with Gasteiger partial charge in [0.05, 0.1) is 11.4 Å². The number of fused-ring (bicyclic) bond motifs is 1. The number of hydrazine groups is 1. The first-order chi connectivity index (χ1) is 8.47. The summed E-state index contributed by atoms with van der Waals surface area (Å²) in [5, 5.41) is 10.4. The number of rotatable bonds is 2. The van der Waals surface area contributed by atoms with Crippen molar-refractivity contribution in [2.24, 2.45) is 5.84 Å². The van der Waals surface area contributed by atoms with E-state index in [0.29, 0.717) is 0 Å². The van der Waals surface area contributed by atoms with Gasteiger partial charge in [-0.3, -0.25) is 10.2 Å². The number of hydrogen-bond donors (Lipinski definition) is 2. The summed E-state index contributed by atoms with van der Waals surface area (Å²) in [6, 6.07) is 0. The number of amides is 1. The number of hydrogen-bond acceptors (Lipinski definition) is 4. The van der Waals surface area contributed by atoms with Gasteiger partial charge in [0.25, 0.3) is 5.91 Å². The molecule has 18 heavy (non-hydrogen) atoms. The van der Waals surface area contributed by atoms with Crippen LogP contribution in [-0.4, -0.2) is 20.7 Å². The van der Waals surface area contributed by atoms with Crippen LogP contribution in [0.15, 0.2) is 0 Å². The lowest BCUT2D eigenvalue weighted by molar-refractivity contribution is -0.121. The highest BCUT2D eigenvalue weighted by molar-refractivity contribution is 5.92. The van der Waals surface area contributed by atoms with Crippen LogP contribution in [0.25, 0.3) is 10.8 Å². The minimum absolute atomic E-state index is 0.210. The molecule has 0 aliphatic rings. The van der Waals surface area contributed by atoms with Crippen molar-refractivity contribution < 1.29 is 4.79 Å². The van der Waals surface area contributed by atoms with Gasteiger partial charge >= 0.3 is 0 Å². The first-order valence-electron chi connectivity index (χ1n) is 5.76. The largest absolute Gasteiger partial charge is 0.338 e. The molecule has 0 radical (unpaired) electrons. The van der Waals surface area contributed by atoms with Gasteiger partial charge in [-0.15, -0.1) is 0 Å². The van der Waals surface area contributed by atoms with Crippen molar-refractivity contribution in [3.63, 3.8) is 0 Å². The lowest BCUT2D eigenvalue weighted by Crippen LogP contribution is -2.33. The van der Waals surface area contributed by atoms with E-state index in [0.717, 1.165) is 33.5 Å². The molecule has 0 fully saturated rings. The lowest BCUT2D eigenvalue weighted by Gasteiger charge is -2.07. The van der Waals surface area contributed by atoms with Gasteiger partial charge in [0.15, 0.2) is 0 Å². The average molecular weight is 247 g/mol. The van der Waals surface area contributed by atoms with E-state index in [1.807, 2.05) is 32.3 Å². The maximum absolute atomic E-state index is 11.4. The average Bonchev–Trinajstić information content (AvgIpc) is 2.59. The van der Waals surface area contributed by atoms with Crippen molar-refractivity contribution in [1.82, 2.24) is 20.2 Å². The smallest absolute Gasteiger partial charge is 0.253 e. The van der Waals surface area contributed by atoms with E-state index in [4.69, 9.17) is 5.84 Å². The molecule has 0 unspecified atom stereocenters. The van der Waals surface area contributed by atoms with Crippen molar-refractivity contribution in [2.45, 2.75) is 34.2 Å². The number of nitrogens with two attached hydrogens (primary N) is 1. The third-order valence-corrected chi connectivity index (χ3v) is 3.32. The number of aromatic nitrogens is 3. The summed E-state index contributed by atoms with van der Waals surface area (Å²) in [5.74, 6) is 4.91. The Balaban J connectivity index is 2.73. The number of carbonyl (C=O) groups is 1. The second-order valence-electron chi connectivity index (χ2n) is 4.45. The maximum Gasteiger partial charge on any atom is 0.253 e. The summed E-state index contributed by atoms with van der Waals surface area (Å²) < 4.78 is 1.94. The highest BCUT2D eigenvalue weighted by atomic mass is 16.2. The molecular weight excluding hydrogens is 230 g/mol. The number of nitrogens with zero attached hydrogens (tertiary/aromatic N) is 3. The van der Waals surface area contributed by atoms with E-state index in [-0.39, 0.29) is 12.5 Å². The molecule has 2 aromatic rings. The van der Waals surface area contributed by atoms with Crippen molar-refractivity contribution in [2.75, 3.05) is 0 Å². The van der Waals surface area contributed by atoms with E-state index in [1.165, 1.54) is 0 Å². The molecule has 2 heterocycles. The molecule has 0 saturated heterocycles. The standard InChI is InChI=1S/C12H17N5O/c1-6-11-8(3)17(5-10(18)14-13)9(4)12(11)7(2)16-15-6/h5,13H2,1-4H3,(H,14,18). The minimum atomic E-state index is -0.224. The molecule has 6 nitrogen and oxygen atoms in total. The molecule has 6 heteroatoms. The van der Waals surface area contributed by atoms with Crippen LogP contribution in [0.2, 0.25) is 0 Å². The van der Waals surface area contributed by atoms with Crippen LogP contribution < -0.4 is 11.3 Å². The zero-order valence-corrected chi connectivity index (χ0v) is 11.0. The number of nitrogens with one attached hydrogen (secondary N) is 1. The fourth-order valence-electron chi connectivity index (χ4n) is 2.45. The molecule has 2 aromatic heterocycles. The van der Waals surface area contributed by atoms with E-state index in [2.05, 4.69) is 15.6 Å². The summed E-state index contributed by atoms with van der Waals surface area (Å²) >= 11 is 0. The first-order valence-corrected chi connectivity index (χ1v) is 5.76. The molecular formula is C12H17N5O. The molecule has 3 N–H and O–H groups in total. The van der Waals surface area contributed by atoms with Gasteiger partial charge in [-0.2, -0.15) is 10.2 Å². The van der Waals surface area contributed by atoms with Crippen molar-refractivity contribution >= 4 is 16.7 Å². The first kappa shape index (κ1) is 12.5. The van der Waals surface area contributed by atoms with Gasteiger partial charge in [-0.05, 0) is 27.7 Å². The van der Waals surface area contributed by atoms with Gasteiger partial charge in [0, 0.05) is 22.2 Å². The SMILES string of the molecule is Cc1nnc(C)c2c(C)n(CC(=O)NN)c(C)c12. The lowest BCUT2D eigenvalue weighted by atomic mass is 10.1. The molecule has 96 valence electrons. The summed E-state index contributed by atoms with van der Waals surface area (Å²) in [4.78, 5) is 11.4. The van der Waals surface area contributed by atoms with Gasteiger partial charge < -0.3 is 4.57 Å². The molecule has 0 atom stereocenters. The monoisotopic (exact) mass is 247 g/mol. The number of aryl methyl sites for hydroxylation is 4. The quantitative estimate of drug-likeness (QED) is 0.463. The molecule has 0 spiro atoms. The van der Waals surface area contributed by atoms with E-state index in [9.17, 15) is 4.79 Å². The summed E-state index contributed by atoms with van der Waals surface area (Å²) in [6.45, 7) is 8.02. The van der Waals surface area contributed by atoms with Gasteiger partial charge in [0.1, 0.15) is 6.54 Å². The molecule has 0 aliphatic heterocycles. The highest BCUT2D eigenvalue weighted by Crippen LogP contribution is 2.28.